The molecule has 0 amide bonds. The van der Waals surface area contributed by atoms with Gasteiger partial charge in [-0.25, -0.2) is 8.42 Å². The van der Waals surface area contributed by atoms with E-state index >= 15 is 0 Å². The summed E-state index contributed by atoms with van der Waals surface area (Å²) in [5.74, 6) is 0. The molecule has 4 aromatic carbocycles. The SMILES string of the molecule is Cc1ccc(N(C2CCN(Cc3ccccc3)CC2)S(=O)(=O)c2ccc3ccccc3c2)cc1. The highest BCUT2D eigenvalue weighted by Gasteiger charge is 2.34. The van der Waals surface area contributed by atoms with Crippen molar-refractivity contribution in [3.05, 3.63) is 108 Å². The lowest BCUT2D eigenvalue weighted by atomic mass is 10.0. The van der Waals surface area contributed by atoms with Crippen LogP contribution >= 0.6 is 0 Å². The number of benzene rings is 4. The van der Waals surface area contributed by atoms with Crippen molar-refractivity contribution in [2.24, 2.45) is 0 Å². The van der Waals surface area contributed by atoms with Crippen molar-refractivity contribution in [1.82, 2.24) is 4.90 Å². The Morgan fingerprint density at radius 2 is 1.44 bits per heavy atom. The van der Waals surface area contributed by atoms with Crippen LogP contribution in [0.15, 0.2) is 102 Å². The standard InChI is InChI=1S/C29H30N2O2S/c1-23-11-14-27(15-12-23)31(28-17-19-30(20-18-28)22-24-7-3-2-4-8-24)34(32,33)29-16-13-25-9-5-6-10-26(25)21-29/h2-16,21,28H,17-20,22H2,1H3. The zero-order valence-corrected chi connectivity index (χ0v) is 20.3. The van der Waals surface area contributed by atoms with Crippen molar-refractivity contribution in [2.45, 2.75) is 37.2 Å². The third-order valence-electron chi connectivity index (χ3n) is 6.70. The van der Waals surface area contributed by atoms with Crippen LogP contribution in [-0.4, -0.2) is 32.4 Å². The van der Waals surface area contributed by atoms with Crippen molar-refractivity contribution in [3.63, 3.8) is 0 Å². The van der Waals surface area contributed by atoms with Gasteiger partial charge in [-0.15, -0.1) is 0 Å². The van der Waals surface area contributed by atoms with Gasteiger partial charge in [-0.1, -0.05) is 78.4 Å². The van der Waals surface area contributed by atoms with Crippen molar-refractivity contribution >= 4 is 26.5 Å². The second-order valence-electron chi connectivity index (χ2n) is 9.14. The lowest BCUT2D eigenvalue weighted by Gasteiger charge is -2.39. The monoisotopic (exact) mass is 470 g/mol. The molecule has 0 radical (unpaired) electrons. The predicted octanol–water partition coefficient (Wildman–Crippen LogP) is 6.01. The molecule has 0 aliphatic carbocycles. The molecule has 0 N–H and O–H groups in total. The Kier molecular flexibility index (Phi) is 6.40. The lowest BCUT2D eigenvalue weighted by molar-refractivity contribution is 0.206. The summed E-state index contributed by atoms with van der Waals surface area (Å²) in [4.78, 5) is 2.76. The second-order valence-corrected chi connectivity index (χ2v) is 11.0. The first kappa shape index (κ1) is 22.6. The van der Waals surface area contributed by atoms with Crippen LogP contribution in [0.25, 0.3) is 10.8 Å². The topological polar surface area (TPSA) is 40.6 Å². The molecule has 0 saturated carbocycles. The van der Waals surface area contributed by atoms with Crippen molar-refractivity contribution in [3.8, 4) is 0 Å². The van der Waals surface area contributed by atoms with Gasteiger partial charge < -0.3 is 0 Å². The third-order valence-corrected chi connectivity index (χ3v) is 8.58. The van der Waals surface area contributed by atoms with E-state index in [9.17, 15) is 8.42 Å². The van der Waals surface area contributed by atoms with E-state index in [1.165, 1.54) is 5.56 Å². The molecule has 4 aromatic rings. The minimum absolute atomic E-state index is 0.0776. The second kappa shape index (κ2) is 9.61. The Morgan fingerprint density at radius 3 is 2.15 bits per heavy atom. The molecular weight excluding hydrogens is 440 g/mol. The van der Waals surface area contributed by atoms with Gasteiger partial charge in [0.15, 0.2) is 0 Å². The minimum Gasteiger partial charge on any atom is -0.299 e. The van der Waals surface area contributed by atoms with Gasteiger partial charge in [0.25, 0.3) is 10.0 Å². The first-order valence-corrected chi connectivity index (χ1v) is 13.3. The minimum atomic E-state index is -3.72. The summed E-state index contributed by atoms with van der Waals surface area (Å²) in [5, 5.41) is 1.97. The lowest BCUT2D eigenvalue weighted by Crippen LogP contribution is -2.47. The van der Waals surface area contributed by atoms with Gasteiger partial charge in [-0.05, 0) is 60.4 Å². The predicted molar refractivity (Wildman–Crippen MR) is 140 cm³/mol. The average molecular weight is 471 g/mol. The van der Waals surface area contributed by atoms with Crippen LogP contribution in [0.3, 0.4) is 0 Å². The number of hydrogen-bond donors (Lipinski definition) is 0. The summed E-state index contributed by atoms with van der Waals surface area (Å²) >= 11 is 0. The molecule has 174 valence electrons. The van der Waals surface area contributed by atoms with Crippen LogP contribution in [-0.2, 0) is 16.6 Å². The van der Waals surface area contributed by atoms with Crippen LogP contribution in [0.1, 0.15) is 24.0 Å². The highest BCUT2D eigenvalue weighted by Crippen LogP contribution is 2.32. The van der Waals surface area contributed by atoms with E-state index in [0.717, 1.165) is 54.5 Å². The fourth-order valence-electron chi connectivity index (χ4n) is 4.83. The third kappa shape index (κ3) is 4.72. The Labute approximate surface area is 202 Å². The molecule has 0 unspecified atom stereocenters. The van der Waals surface area contributed by atoms with E-state index in [-0.39, 0.29) is 6.04 Å². The Morgan fingerprint density at radius 1 is 0.794 bits per heavy atom. The zero-order valence-electron chi connectivity index (χ0n) is 19.5. The summed E-state index contributed by atoms with van der Waals surface area (Å²) in [6, 6.07) is 31.6. The van der Waals surface area contributed by atoms with E-state index in [4.69, 9.17) is 0 Å². The first-order valence-electron chi connectivity index (χ1n) is 11.9. The molecule has 4 nitrogen and oxygen atoms in total. The molecule has 1 heterocycles. The number of rotatable bonds is 6. The number of likely N-dealkylation sites (tertiary alicyclic amines) is 1. The largest absolute Gasteiger partial charge is 0.299 e. The number of sulfonamides is 1. The van der Waals surface area contributed by atoms with Gasteiger partial charge in [0.05, 0.1) is 10.6 Å². The Bertz CT molecular complexity index is 1360. The van der Waals surface area contributed by atoms with E-state index in [0.29, 0.717) is 4.90 Å². The summed E-state index contributed by atoms with van der Waals surface area (Å²) in [5.41, 5.74) is 3.14. The van der Waals surface area contributed by atoms with Gasteiger partial charge in [0, 0.05) is 25.7 Å². The summed E-state index contributed by atoms with van der Waals surface area (Å²) < 4.78 is 29.8. The van der Waals surface area contributed by atoms with Crippen LogP contribution in [0.5, 0.6) is 0 Å². The Hall–Kier alpha value is -3.15. The molecule has 0 aromatic heterocycles. The van der Waals surface area contributed by atoms with E-state index in [1.54, 1.807) is 16.4 Å². The molecule has 5 rings (SSSR count). The summed E-state index contributed by atoms with van der Waals surface area (Å²) in [7, 11) is -3.72. The van der Waals surface area contributed by atoms with Gasteiger partial charge in [-0.3, -0.25) is 9.21 Å². The van der Waals surface area contributed by atoms with Crippen molar-refractivity contribution < 1.29 is 8.42 Å². The number of nitrogens with zero attached hydrogens (tertiary/aromatic N) is 2. The van der Waals surface area contributed by atoms with Gasteiger partial charge in [0.2, 0.25) is 0 Å². The zero-order chi connectivity index (χ0) is 23.5. The van der Waals surface area contributed by atoms with E-state index < -0.39 is 10.0 Å². The molecule has 0 spiro atoms. The number of piperidine rings is 1. The number of anilines is 1. The first-order chi connectivity index (χ1) is 16.5. The smallest absolute Gasteiger partial charge is 0.264 e. The molecular formula is C29H30N2O2S. The molecule has 0 atom stereocenters. The van der Waals surface area contributed by atoms with Gasteiger partial charge in [0.1, 0.15) is 0 Å². The number of hydrogen-bond acceptors (Lipinski definition) is 3. The fraction of sp³-hybridized carbons (Fsp3) is 0.241. The normalized spacial score (nSPS) is 15.4. The van der Waals surface area contributed by atoms with Crippen molar-refractivity contribution in [1.29, 1.82) is 0 Å². The number of aryl methyl sites for hydroxylation is 1. The maximum absolute atomic E-state index is 14.0. The molecule has 0 bridgehead atoms. The van der Waals surface area contributed by atoms with E-state index in [1.807, 2.05) is 67.6 Å². The maximum atomic E-state index is 14.0. The average Bonchev–Trinajstić information content (AvgIpc) is 2.87. The van der Waals surface area contributed by atoms with Crippen molar-refractivity contribution in [2.75, 3.05) is 17.4 Å². The molecule has 1 fully saturated rings. The summed E-state index contributed by atoms with van der Waals surface area (Å²) in [6.07, 6.45) is 1.60. The molecule has 1 aliphatic rings. The Balaban J connectivity index is 1.44. The molecule has 5 heteroatoms. The summed E-state index contributed by atoms with van der Waals surface area (Å²) in [6.45, 7) is 4.66. The number of fused-ring (bicyclic) bond motifs is 1. The highest BCUT2D eigenvalue weighted by molar-refractivity contribution is 7.92. The van der Waals surface area contributed by atoms with Crippen LogP contribution < -0.4 is 4.31 Å². The van der Waals surface area contributed by atoms with Crippen LogP contribution in [0.2, 0.25) is 0 Å². The quantitative estimate of drug-likeness (QED) is 0.347. The highest BCUT2D eigenvalue weighted by atomic mass is 32.2. The molecule has 34 heavy (non-hydrogen) atoms. The van der Waals surface area contributed by atoms with Crippen LogP contribution in [0, 0.1) is 6.92 Å². The fourth-order valence-corrected chi connectivity index (χ4v) is 6.58. The van der Waals surface area contributed by atoms with Gasteiger partial charge in [-0.2, -0.15) is 0 Å². The van der Waals surface area contributed by atoms with E-state index in [2.05, 4.69) is 29.2 Å². The van der Waals surface area contributed by atoms with Gasteiger partial charge >= 0.3 is 0 Å². The maximum Gasteiger partial charge on any atom is 0.264 e. The van der Waals surface area contributed by atoms with Crippen LogP contribution in [0.4, 0.5) is 5.69 Å². The molecule has 1 saturated heterocycles. The molecule has 1 aliphatic heterocycles.